The van der Waals surface area contributed by atoms with Crippen LogP contribution in [0.3, 0.4) is 0 Å². The predicted molar refractivity (Wildman–Crippen MR) is 96.5 cm³/mol. The molecular formula is C17H12F4N6S. The third-order valence-corrected chi connectivity index (χ3v) is 4.63. The van der Waals surface area contributed by atoms with E-state index >= 15 is 0 Å². The molecule has 0 radical (unpaired) electrons. The van der Waals surface area contributed by atoms with Crippen LogP contribution in [0.1, 0.15) is 5.56 Å². The summed E-state index contributed by atoms with van der Waals surface area (Å²) in [6.45, 7) is 0. The van der Waals surface area contributed by atoms with Crippen LogP contribution in [-0.2, 0) is 13.2 Å². The number of anilines is 1. The fourth-order valence-corrected chi connectivity index (χ4v) is 3.26. The molecule has 0 unspecified atom stereocenters. The maximum Gasteiger partial charge on any atom is 0.416 e. The van der Waals surface area contributed by atoms with E-state index in [4.69, 9.17) is 0 Å². The molecule has 0 saturated carbocycles. The maximum absolute atomic E-state index is 14.2. The van der Waals surface area contributed by atoms with Crippen molar-refractivity contribution in [3.8, 4) is 5.82 Å². The second-order valence-electron chi connectivity index (χ2n) is 5.89. The van der Waals surface area contributed by atoms with E-state index in [-0.39, 0.29) is 11.5 Å². The summed E-state index contributed by atoms with van der Waals surface area (Å²) in [6, 6.07) is 4.76. The van der Waals surface area contributed by atoms with Gasteiger partial charge in [-0.3, -0.25) is 4.68 Å². The molecular weight excluding hydrogens is 396 g/mol. The minimum atomic E-state index is -4.47. The maximum atomic E-state index is 14.2. The number of nitrogens with one attached hydrogen (secondary N) is 1. The van der Waals surface area contributed by atoms with Crippen LogP contribution in [-0.4, -0.2) is 24.5 Å². The Morgan fingerprint density at radius 2 is 1.96 bits per heavy atom. The number of aromatic nitrogens is 5. The van der Waals surface area contributed by atoms with Crippen LogP contribution in [0, 0.1) is 5.82 Å². The molecule has 0 amide bonds. The van der Waals surface area contributed by atoms with Crippen LogP contribution in [0.25, 0.3) is 16.7 Å². The van der Waals surface area contributed by atoms with E-state index in [9.17, 15) is 17.6 Å². The molecule has 1 aromatic carbocycles. The number of halogens is 4. The SMILES string of the molecule is Cn1cc2ccc(F)c(NSc3cnn(-c4cc(C(F)(F)F)ccn4)c3)c2n1. The summed E-state index contributed by atoms with van der Waals surface area (Å²) in [6.07, 6.45) is 1.31. The second-order valence-corrected chi connectivity index (χ2v) is 6.77. The number of fused-ring (bicyclic) bond motifs is 1. The number of rotatable bonds is 4. The number of hydrogen-bond donors (Lipinski definition) is 1. The molecule has 4 rings (SSSR count). The van der Waals surface area contributed by atoms with E-state index < -0.39 is 17.6 Å². The van der Waals surface area contributed by atoms with Gasteiger partial charge in [-0.2, -0.15) is 23.4 Å². The van der Waals surface area contributed by atoms with Gasteiger partial charge in [-0.05, 0) is 36.2 Å². The van der Waals surface area contributed by atoms with Crippen molar-refractivity contribution in [2.24, 2.45) is 7.05 Å². The number of hydrogen-bond acceptors (Lipinski definition) is 5. The van der Waals surface area contributed by atoms with Crippen molar-refractivity contribution in [3.05, 3.63) is 60.4 Å². The van der Waals surface area contributed by atoms with Gasteiger partial charge in [0.05, 0.1) is 16.7 Å². The molecule has 0 atom stereocenters. The lowest BCUT2D eigenvalue weighted by Crippen LogP contribution is -2.07. The summed E-state index contributed by atoms with van der Waals surface area (Å²) >= 11 is 1.06. The van der Waals surface area contributed by atoms with Gasteiger partial charge in [0, 0.05) is 31.0 Å². The highest BCUT2D eigenvalue weighted by atomic mass is 32.2. The van der Waals surface area contributed by atoms with E-state index in [2.05, 4.69) is 19.9 Å². The van der Waals surface area contributed by atoms with Crippen LogP contribution in [0.15, 0.2) is 53.9 Å². The number of aryl methyl sites for hydroxylation is 1. The third-order valence-electron chi connectivity index (χ3n) is 3.88. The Morgan fingerprint density at radius 3 is 2.75 bits per heavy atom. The summed E-state index contributed by atoms with van der Waals surface area (Å²) in [4.78, 5) is 4.47. The molecule has 0 aliphatic carbocycles. The van der Waals surface area contributed by atoms with Crippen LogP contribution in [0.5, 0.6) is 0 Å². The molecule has 0 aliphatic rings. The normalized spacial score (nSPS) is 11.9. The first-order valence-corrected chi connectivity index (χ1v) is 8.76. The van der Waals surface area contributed by atoms with Crippen LogP contribution in [0.4, 0.5) is 23.2 Å². The molecule has 6 nitrogen and oxygen atoms in total. The summed E-state index contributed by atoms with van der Waals surface area (Å²) in [5, 5.41) is 9.03. The first-order valence-electron chi connectivity index (χ1n) is 7.94. The van der Waals surface area contributed by atoms with Gasteiger partial charge in [0.15, 0.2) is 5.82 Å². The minimum Gasteiger partial charge on any atom is -0.321 e. The molecule has 3 heterocycles. The fourth-order valence-electron chi connectivity index (χ4n) is 2.59. The van der Waals surface area contributed by atoms with Crippen molar-refractivity contribution in [2.45, 2.75) is 11.1 Å². The van der Waals surface area contributed by atoms with Crippen molar-refractivity contribution in [3.63, 3.8) is 0 Å². The van der Waals surface area contributed by atoms with Gasteiger partial charge < -0.3 is 4.72 Å². The van der Waals surface area contributed by atoms with Crippen molar-refractivity contribution in [1.29, 1.82) is 0 Å². The first kappa shape index (κ1) is 18.3. The van der Waals surface area contributed by atoms with E-state index in [0.717, 1.165) is 35.7 Å². The minimum absolute atomic E-state index is 0.0275. The lowest BCUT2D eigenvalue weighted by Gasteiger charge is -2.08. The van der Waals surface area contributed by atoms with Gasteiger partial charge >= 0.3 is 6.18 Å². The molecule has 4 aromatic rings. The Hall–Kier alpha value is -3.08. The Balaban J connectivity index is 1.56. The molecule has 0 saturated heterocycles. The Morgan fingerprint density at radius 1 is 1.14 bits per heavy atom. The summed E-state index contributed by atoms with van der Waals surface area (Å²) in [5.41, 5.74) is -0.126. The molecule has 144 valence electrons. The Kier molecular flexibility index (Phi) is 4.46. The van der Waals surface area contributed by atoms with Crippen LogP contribution < -0.4 is 4.72 Å². The van der Waals surface area contributed by atoms with Gasteiger partial charge in [0.1, 0.15) is 17.0 Å². The fraction of sp³-hybridized carbons (Fsp3) is 0.118. The van der Waals surface area contributed by atoms with Crippen molar-refractivity contribution < 1.29 is 17.6 Å². The van der Waals surface area contributed by atoms with Crippen molar-refractivity contribution in [1.82, 2.24) is 24.5 Å². The zero-order valence-electron chi connectivity index (χ0n) is 14.3. The standard InChI is InChI=1S/C17H12F4N6S/c1-26-8-10-2-3-13(18)16(15(10)24-26)25-28-12-7-23-27(9-12)14-6-11(4-5-22-14)17(19,20)21/h2-9,25H,1H3. The van der Waals surface area contributed by atoms with E-state index in [0.29, 0.717) is 10.4 Å². The smallest absolute Gasteiger partial charge is 0.321 e. The number of alkyl halides is 3. The zero-order chi connectivity index (χ0) is 19.9. The molecule has 0 spiro atoms. The number of nitrogens with zero attached hydrogens (tertiary/aromatic N) is 5. The molecule has 0 aliphatic heterocycles. The lowest BCUT2D eigenvalue weighted by atomic mass is 10.2. The third kappa shape index (κ3) is 3.52. The van der Waals surface area contributed by atoms with Crippen molar-refractivity contribution in [2.75, 3.05) is 4.72 Å². The Labute approximate surface area is 160 Å². The lowest BCUT2D eigenvalue weighted by molar-refractivity contribution is -0.137. The van der Waals surface area contributed by atoms with Gasteiger partial charge in [0.25, 0.3) is 0 Å². The Bertz CT molecular complexity index is 1150. The van der Waals surface area contributed by atoms with Crippen LogP contribution >= 0.6 is 11.9 Å². The topological polar surface area (TPSA) is 60.6 Å². The average Bonchev–Trinajstić information content (AvgIpc) is 3.26. The molecule has 1 N–H and O–H groups in total. The molecule has 0 fully saturated rings. The highest BCUT2D eigenvalue weighted by Crippen LogP contribution is 2.31. The highest BCUT2D eigenvalue weighted by molar-refractivity contribution is 8.00. The second kappa shape index (κ2) is 6.82. The van der Waals surface area contributed by atoms with E-state index in [1.807, 2.05) is 0 Å². The van der Waals surface area contributed by atoms with Gasteiger partial charge in [-0.1, -0.05) is 0 Å². The van der Waals surface area contributed by atoms with Gasteiger partial charge in [-0.15, -0.1) is 0 Å². The average molecular weight is 408 g/mol. The largest absolute Gasteiger partial charge is 0.416 e. The molecule has 28 heavy (non-hydrogen) atoms. The van der Waals surface area contributed by atoms with Crippen molar-refractivity contribution >= 4 is 28.5 Å². The zero-order valence-corrected chi connectivity index (χ0v) is 15.1. The number of pyridine rings is 1. The van der Waals surface area contributed by atoms with Gasteiger partial charge in [-0.25, -0.2) is 14.1 Å². The first-order chi connectivity index (χ1) is 13.3. The monoisotopic (exact) mass is 408 g/mol. The summed E-state index contributed by atoms with van der Waals surface area (Å²) < 4.78 is 58.4. The number of benzene rings is 1. The quantitative estimate of drug-likeness (QED) is 0.400. The molecule has 3 aromatic heterocycles. The van der Waals surface area contributed by atoms with E-state index in [1.54, 1.807) is 24.0 Å². The highest BCUT2D eigenvalue weighted by Gasteiger charge is 2.31. The van der Waals surface area contributed by atoms with Crippen LogP contribution in [0.2, 0.25) is 0 Å². The van der Waals surface area contributed by atoms with Gasteiger partial charge in [0.2, 0.25) is 0 Å². The predicted octanol–water partition coefficient (Wildman–Crippen LogP) is 4.43. The summed E-state index contributed by atoms with van der Waals surface area (Å²) in [5.74, 6) is -0.440. The summed E-state index contributed by atoms with van der Waals surface area (Å²) in [7, 11) is 1.74. The molecule has 11 heteroatoms. The molecule has 0 bridgehead atoms. The van der Waals surface area contributed by atoms with E-state index in [1.165, 1.54) is 23.1 Å².